The largest absolute Gasteiger partial charge is 0.435 e. The second-order valence-corrected chi connectivity index (χ2v) is 5.60. The molecule has 0 aliphatic heterocycles. The highest BCUT2D eigenvalue weighted by atomic mass is 19.3. The van der Waals surface area contributed by atoms with Crippen LogP contribution in [0, 0.1) is 6.92 Å². The van der Waals surface area contributed by atoms with Crippen LogP contribution in [0.2, 0.25) is 0 Å². The van der Waals surface area contributed by atoms with E-state index in [1.54, 1.807) is 24.3 Å². The molecule has 0 aliphatic carbocycles. The number of rotatable bonds is 7. The van der Waals surface area contributed by atoms with Crippen LogP contribution < -0.4 is 20.3 Å². The summed E-state index contributed by atoms with van der Waals surface area (Å²) in [4.78, 5) is 23.7. The fourth-order valence-electron chi connectivity index (χ4n) is 2.13. The van der Waals surface area contributed by atoms with Gasteiger partial charge in [-0.05, 0) is 37.3 Å². The summed E-state index contributed by atoms with van der Waals surface area (Å²) in [5, 5.41) is 0. The van der Waals surface area contributed by atoms with E-state index in [1.165, 1.54) is 0 Å². The molecule has 2 N–H and O–H groups in total. The van der Waals surface area contributed by atoms with Gasteiger partial charge in [0.2, 0.25) is 0 Å². The molecule has 0 aliphatic rings. The highest BCUT2D eigenvalue weighted by molar-refractivity contribution is 5.98. The third kappa shape index (κ3) is 7.17. The van der Waals surface area contributed by atoms with Crippen LogP contribution in [0.5, 0.6) is 11.5 Å². The number of hydrogen-bond donors (Lipinski definition) is 2. The summed E-state index contributed by atoms with van der Waals surface area (Å²) in [5.41, 5.74) is 5.60. The summed E-state index contributed by atoms with van der Waals surface area (Å²) in [6, 6.07) is 9.69. The van der Waals surface area contributed by atoms with Crippen LogP contribution in [0.4, 0.5) is 17.6 Å². The van der Waals surface area contributed by atoms with Crippen molar-refractivity contribution < 1.29 is 36.6 Å². The molecule has 29 heavy (non-hydrogen) atoms. The Morgan fingerprint density at radius 3 is 2.21 bits per heavy atom. The Bertz CT molecular complexity index is 886. The molecule has 154 valence electrons. The highest BCUT2D eigenvalue weighted by Gasteiger charge is 2.12. The first kappa shape index (κ1) is 21.7. The zero-order valence-electron chi connectivity index (χ0n) is 15.0. The average molecular weight is 412 g/mol. The van der Waals surface area contributed by atoms with E-state index < -0.39 is 30.8 Å². The molecule has 0 bridgehead atoms. The molecule has 2 aromatic carbocycles. The molecule has 2 rings (SSSR count). The number of carbonyl (C=O) groups is 2. The Balaban J connectivity index is 2.02. The van der Waals surface area contributed by atoms with E-state index in [0.29, 0.717) is 5.56 Å². The average Bonchev–Trinajstić information content (AvgIpc) is 2.65. The maximum Gasteiger partial charge on any atom is 0.387 e. The molecule has 0 fully saturated rings. The Hall–Kier alpha value is -3.56. The first-order valence-corrected chi connectivity index (χ1v) is 8.13. The predicted molar refractivity (Wildman–Crippen MR) is 95.5 cm³/mol. The maximum atomic E-state index is 12.5. The minimum atomic E-state index is -3.22. The minimum Gasteiger partial charge on any atom is -0.435 e. The van der Waals surface area contributed by atoms with Gasteiger partial charge < -0.3 is 9.47 Å². The van der Waals surface area contributed by atoms with Crippen molar-refractivity contribution in [1.29, 1.82) is 0 Å². The number of carbonyl (C=O) groups excluding carboxylic acids is 2. The first-order valence-electron chi connectivity index (χ1n) is 8.13. The molecule has 0 spiro atoms. The van der Waals surface area contributed by atoms with E-state index in [2.05, 4.69) is 20.3 Å². The standard InChI is InChI=1S/C19H16F4N2O4/c1-11-2-4-13(5-3-11)17(27)25-24-16(26)9-7-12-6-8-14(28-18(20)21)10-15(12)29-19(22)23/h2-10,18-19H,1H3,(H,24,26)(H,25,27)/b9-7+. The van der Waals surface area contributed by atoms with Gasteiger partial charge in [0, 0.05) is 23.3 Å². The summed E-state index contributed by atoms with van der Waals surface area (Å²) in [6.07, 6.45) is 2.05. The molecule has 2 aromatic rings. The quantitative estimate of drug-likeness (QED) is 0.413. The Morgan fingerprint density at radius 1 is 0.931 bits per heavy atom. The molecule has 0 unspecified atom stereocenters. The number of hydrogen-bond acceptors (Lipinski definition) is 4. The van der Waals surface area contributed by atoms with E-state index >= 15 is 0 Å². The predicted octanol–water partition coefficient (Wildman–Crippen LogP) is 3.67. The summed E-state index contributed by atoms with van der Waals surface area (Å²) < 4.78 is 57.9. The number of hydrazine groups is 1. The van der Waals surface area contributed by atoms with Gasteiger partial charge in [0.15, 0.2) is 0 Å². The second kappa shape index (κ2) is 10.1. The summed E-state index contributed by atoms with van der Waals surface area (Å²) >= 11 is 0. The molecule has 10 heteroatoms. The topological polar surface area (TPSA) is 76.7 Å². The third-order valence-corrected chi connectivity index (χ3v) is 3.45. The van der Waals surface area contributed by atoms with Crippen molar-refractivity contribution in [2.75, 3.05) is 0 Å². The van der Waals surface area contributed by atoms with E-state index in [1.807, 2.05) is 6.92 Å². The van der Waals surface area contributed by atoms with Crippen LogP contribution in [-0.2, 0) is 4.79 Å². The molecule has 0 radical (unpaired) electrons. The Morgan fingerprint density at radius 2 is 1.59 bits per heavy atom. The van der Waals surface area contributed by atoms with Gasteiger partial charge in [-0.2, -0.15) is 17.6 Å². The van der Waals surface area contributed by atoms with E-state index in [9.17, 15) is 27.2 Å². The molecule has 0 heterocycles. The zero-order valence-corrected chi connectivity index (χ0v) is 15.0. The van der Waals surface area contributed by atoms with Crippen molar-refractivity contribution in [2.24, 2.45) is 0 Å². The second-order valence-electron chi connectivity index (χ2n) is 5.60. The van der Waals surface area contributed by atoms with Crippen molar-refractivity contribution in [2.45, 2.75) is 20.1 Å². The van der Waals surface area contributed by atoms with Crippen molar-refractivity contribution in [3.63, 3.8) is 0 Å². The SMILES string of the molecule is Cc1ccc(C(=O)NNC(=O)/C=C/c2ccc(OC(F)F)cc2OC(F)F)cc1. The van der Waals surface area contributed by atoms with E-state index in [4.69, 9.17) is 0 Å². The number of amides is 2. The molecular weight excluding hydrogens is 396 g/mol. The highest BCUT2D eigenvalue weighted by Crippen LogP contribution is 2.28. The van der Waals surface area contributed by atoms with Crippen molar-refractivity contribution in [1.82, 2.24) is 10.9 Å². The van der Waals surface area contributed by atoms with E-state index in [-0.39, 0.29) is 11.3 Å². The number of halogens is 4. The van der Waals surface area contributed by atoms with Crippen LogP contribution in [-0.4, -0.2) is 25.0 Å². The molecule has 0 saturated heterocycles. The monoisotopic (exact) mass is 412 g/mol. The smallest absolute Gasteiger partial charge is 0.387 e. The van der Waals surface area contributed by atoms with Gasteiger partial charge in [-0.3, -0.25) is 20.4 Å². The first-order chi connectivity index (χ1) is 13.7. The van der Waals surface area contributed by atoms with Gasteiger partial charge in [0.1, 0.15) is 11.5 Å². The molecule has 6 nitrogen and oxygen atoms in total. The normalized spacial score (nSPS) is 11.0. The van der Waals surface area contributed by atoms with Crippen LogP contribution in [0.15, 0.2) is 48.5 Å². The number of benzene rings is 2. The van der Waals surface area contributed by atoms with Gasteiger partial charge in [0.05, 0.1) is 0 Å². The van der Waals surface area contributed by atoms with Crippen molar-refractivity contribution in [3.8, 4) is 11.5 Å². The zero-order chi connectivity index (χ0) is 21.4. The summed E-state index contributed by atoms with van der Waals surface area (Å²) in [5.74, 6) is -2.17. The molecule has 0 aromatic heterocycles. The number of alkyl halides is 4. The molecular formula is C19H16F4N2O4. The molecule has 2 amide bonds. The van der Waals surface area contributed by atoms with Crippen molar-refractivity contribution >= 4 is 17.9 Å². The van der Waals surface area contributed by atoms with E-state index in [0.717, 1.165) is 35.9 Å². The molecule has 0 atom stereocenters. The minimum absolute atomic E-state index is 0.00641. The number of ether oxygens (including phenoxy) is 2. The third-order valence-electron chi connectivity index (χ3n) is 3.45. The van der Waals surface area contributed by atoms with Crippen LogP contribution >= 0.6 is 0 Å². The lowest BCUT2D eigenvalue weighted by Crippen LogP contribution is -2.40. The van der Waals surface area contributed by atoms with Gasteiger partial charge in [-0.25, -0.2) is 0 Å². The molecule has 0 saturated carbocycles. The van der Waals surface area contributed by atoms with Gasteiger partial charge in [-0.1, -0.05) is 17.7 Å². The van der Waals surface area contributed by atoms with Crippen molar-refractivity contribution in [3.05, 3.63) is 65.2 Å². The van der Waals surface area contributed by atoms with Gasteiger partial charge in [-0.15, -0.1) is 0 Å². The Labute approximate surface area is 163 Å². The summed E-state index contributed by atoms with van der Waals surface area (Å²) in [6.45, 7) is -4.50. The van der Waals surface area contributed by atoms with Gasteiger partial charge in [0.25, 0.3) is 11.8 Å². The van der Waals surface area contributed by atoms with Gasteiger partial charge >= 0.3 is 13.2 Å². The van der Waals surface area contributed by atoms with Crippen LogP contribution in [0.25, 0.3) is 6.08 Å². The lowest BCUT2D eigenvalue weighted by Gasteiger charge is -2.11. The number of aryl methyl sites for hydroxylation is 1. The lowest BCUT2D eigenvalue weighted by atomic mass is 10.1. The fraction of sp³-hybridized carbons (Fsp3) is 0.158. The Kier molecular flexibility index (Phi) is 7.58. The van der Waals surface area contributed by atoms with Crippen LogP contribution in [0.1, 0.15) is 21.5 Å². The fourth-order valence-corrected chi connectivity index (χ4v) is 2.13. The van der Waals surface area contributed by atoms with Crippen LogP contribution in [0.3, 0.4) is 0 Å². The summed E-state index contributed by atoms with van der Waals surface area (Å²) in [7, 11) is 0. The maximum absolute atomic E-state index is 12.5. The lowest BCUT2D eigenvalue weighted by molar-refractivity contribution is -0.117. The number of nitrogens with one attached hydrogen (secondary N) is 2.